The number of aliphatic carboxylic acids is 1. The molecule has 102 valence electrons. The monoisotopic (exact) mass is 286 g/mol. The Morgan fingerprint density at radius 3 is 2.74 bits per heavy atom. The van der Waals surface area contributed by atoms with Crippen LogP contribution in [0.4, 0.5) is 4.39 Å². The number of nitrogens with one attached hydrogen (secondary N) is 1. The number of halogens is 1. The molecule has 1 rings (SSSR count). The van der Waals surface area contributed by atoms with Gasteiger partial charge in [-0.25, -0.2) is 17.5 Å². The van der Waals surface area contributed by atoms with Gasteiger partial charge in [0.05, 0.1) is 16.4 Å². The number of carbonyl (C=O) groups is 1. The third kappa shape index (κ3) is 3.74. The van der Waals surface area contributed by atoms with Crippen molar-refractivity contribution in [3.63, 3.8) is 0 Å². The Kier molecular flexibility index (Phi) is 4.58. The van der Waals surface area contributed by atoms with Gasteiger partial charge in [-0.1, -0.05) is 6.92 Å². The van der Waals surface area contributed by atoms with Crippen molar-refractivity contribution in [3.05, 3.63) is 29.6 Å². The fourth-order valence-corrected chi connectivity index (χ4v) is 2.32. The first kappa shape index (κ1) is 15.1. The minimum atomic E-state index is -3.97. The van der Waals surface area contributed by atoms with Gasteiger partial charge in [0.25, 0.3) is 0 Å². The van der Waals surface area contributed by atoms with Crippen LogP contribution in [0.1, 0.15) is 12.5 Å². The van der Waals surface area contributed by atoms with E-state index in [9.17, 15) is 17.6 Å². The van der Waals surface area contributed by atoms with Gasteiger partial charge in [0, 0.05) is 6.54 Å². The van der Waals surface area contributed by atoms with Gasteiger partial charge in [-0.2, -0.15) is 5.26 Å². The number of benzene rings is 1. The van der Waals surface area contributed by atoms with Crippen molar-refractivity contribution in [2.24, 2.45) is 5.92 Å². The smallest absolute Gasteiger partial charge is 0.307 e. The molecule has 0 heterocycles. The van der Waals surface area contributed by atoms with E-state index in [1.54, 1.807) is 0 Å². The largest absolute Gasteiger partial charge is 0.481 e. The summed E-state index contributed by atoms with van der Waals surface area (Å²) in [5.74, 6) is -2.86. The number of sulfonamides is 1. The lowest BCUT2D eigenvalue weighted by molar-refractivity contribution is -0.140. The van der Waals surface area contributed by atoms with Gasteiger partial charge in [-0.3, -0.25) is 4.79 Å². The Morgan fingerprint density at radius 2 is 2.21 bits per heavy atom. The maximum atomic E-state index is 13.1. The first-order chi connectivity index (χ1) is 8.77. The topological polar surface area (TPSA) is 107 Å². The van der Waals surface area contributed by atoms with Gasteiger partial charge in [0.2, 0.25) is 10.0 Å². The molecular formula is C11H11FN2O4S. The molecule has 8 heteroatoms. The van der Waals surface area contributed by atoms with Crippen molar-refractivity contribution in [2.75, 3.05) is 6.54 Å². The van der Waals surface area contributed by atoms with E-state index in [2.05, 4.69) is 4.72 Å². The molecule has 0 saturated carbocycles. The van der Waals surface area contributed by atoms with Crippen molar-refractivity contribution in [1.29, 1.82) is 5.26 Å². The number of hydrogen-bond donors (Lipinski definition) is 2. The van der Waals surface area contributed by atoms with Gasteiger partial charge >= 0.3 is 5.97 Å². The van der Waals surface area contributed by atoms with Gasteiger partial charge in [0.15, 0.2) is 0 Å². The molecule has 0 aliphatic heterocycles. The molecule has 0 spiro atoms. The Labute approximate surface area is 109 Å². The predicted octanol–water partition coefficient (Wildman–Crippen LogP) is 0.696. The molecule has 0 amide bonds. The minimum Gasteiger partial charge on any atom is -0.481 e. The number of carboxylic acids is 1. The van der Waals surface area contributed by atoms with Crippen LogP contribution in [-0.2, 0) is 14.8 Å². The molecule has 1 atom stereocenters. The second kappa shape index (κ2) is 5.77. The highest BCUT2D eigenvalue weighted by atomic mass is 32.2. The van der Waals surface area contributed by atoms with Crippen molar-refractivity contribution < 1.29 is 22.7 Å². The zero-order valence-electron chi connectivity index (χ0n) is 9.92. The summed E-state index contributed by atoms with van der Waals surface area (Å²) in [7, 11) is -3.97. The maximum absolute atomic E-state index is 13.1. The zero-order valence-corrected chi connectivity index (χ0v) is 10.7. The molecule has 1 aromatic carbocycles. The normalized spacial score (nSPS) is 12.7. The second-order valence-corrected chi connectivity index (χ2v) is 5.61. The van der Waals surface area contributed by atoms with Crippen LogP contribution >= 0.6 is 0 Å². The van der Waals surface area contributed by atoms with E-state index in [4.69, 9.17) is 10.4 Å². The number of rotatable bonds is 5. The van der Waals surface area contributed by atoms with E-state index in [1.165, 1.54) is 13.0 Å². The van der Waals surface area contributed by atoms with E-state index >= 15 is 0 Å². The fraction of sp³-hybridized carbons (Fsp3) is 0.273. The molecule has 0 radical (unpaired) electrons. The second-order valence-electron chi connectivity index (χ2n) is 3.84. The summed E-state index contributed by atoms with van der Waals surface area (Å²) in [6.45, 7) is 1.05. The van der Waals surface area contributed by atoms with E-state index < -0.39 is 33.3 Å². The Hall–Kier alpha value is -1.98. The lowest BCUT2D eigenvalue weighted by atomic mass is 10.2. The summed E-state index contributed by atoms with van der Waals surface area (Å²) in [5.41, 5.74) is -0.394. The quantitative estimate of drug-likeness (QED) is 0.828. The van der Waals surface area contributed by atoms with Crippen LogP contribution < -0.4 is 4.72 Å². The van der Waals surface area contributed by atoms with Crippen LogP contribution in [0.3, 0.4) is 0 Å². The van der Waals surface area contributed by atoms with Crippen LogP contribution in [0, 0.1) is 23.1 Å². The van der Waals surface area contributed by atoms with Crippen LogP contribution in [-0.4, -0.2) is 26.0 Å². The van der Waals surface area contributed by atoms with Crippen molar-refractivity contribution in [3.8, 4) is 6.07 Å². The van der Waals surface area contributed by atoms with Gasteiger partial charge < -0.3 is 5.11 Å². The maximum Gasteiger partial charge on any atom is 0.307 e. The fourth-order valence-electron chi connectivity index (χ4n) is 1.16. The number of hydrogen-bond acceptors (Lipinski definition) is 4. The molecule has 0 aliphatic carbocycles. The zero-order chi connectivity index (χ0) is 14.6. The Balaban J connectivity index is 2.96. The van der Waals surface area contributed by atoms with Crippen molar-refractivity contribution in [1.82, 2.24) is 4.72 Å². The van der Waals surface area contributed by atoms with Gasteiger partial charge in [0.1, 0.15) is 11.9 Å². The van der Waals surface area contributed by atoms with Crippen LogP contribution in [0.5, 0.6) is 0 Å². The molecule has 1 aromatic rings. The molecule has 0 bridgehead atoms. The molecule has 0 saturated heterocycles. The molecule has 2 N–H and O–H groups in total. The van der Waals surface area contributed by atoms with Crippen molar-refractivity contribution in [2.45, 2.75) is 11.8 Å². The number of carboxylic acid groups (broad SMARTS) is 1. The molecule has 6 nitrogen and oxygen atoms in total. The highest BCUT2D eigenvalue weighted by molar-refractivity contribution is 7.89. The summed E-state index contributed by atoms with van der Waals surface area (Å²) in [5, 5.41) is 17.3. The lowest BCUT2D eigenvalue weighted by Crippen LogP contribution is -2.31. The SMILES string of the molecule is CC(CNS(=O)(=O)c1ccc(F)c(C#N)c1)C(=O)O. The van der Waals surface area contributed by atoms with E-state index in [1.807, 2.05) is 0 Å². The third-order valence-electron chi connectivity index (χ3n) is 2.37. The number of nitrogens with zero attached hydrogens (tertiary/aromatic N) is 1. The highest BCUT2D eigenvalue weighted by Gasteiger charge is 2.19. The molecule has 19 heavy (non-hydrogen) atoms. The van der Waals surface area contributed by atoms with E-state index in [0.29, 0.717) is 0 Å². The van der Waals surface area contributed by atoms with E-state index in [-0.39, 0.29) is 11.4 Å². The predicted molar refractivity (Wildman–Crippen MR) is 63.1 cm³/mol. The summed E-state index contributed by atoms with van der Waals surface area (Å²) in [6, 6.07) is 4.29. The van der Waals surface area contributed by atoms with E-state index in [0.717, 1.165) is 18.2 Å². The summed E-state index contributed by atoms with van der Waals surface area (Å²) in [4.78, 5) is 10.3. The van der Waals surface area contributed by atoms with Gasteiger partial charge in [-0.05, 0) is 18.2 Å². The molecule has 0 aromatic heterocycles. The highest BCUT2D eigenvalue weighted by Crippen LogP contribution is 2.14. The molecule has 1 unspecified atom stereocenters. The molecule has 0 aliphatic rings. The summed E-state index contributed by atoms with van der Waals surface area (Å²) in [6.07, 6.45) is 0. The van der Waals surface area contributed by atoms with Crippen LogP contribution in [0.15, 0.2) is 23.1 Å². The minimum absolute atomic E-state index is 0.289. The number of nitriles is 1. The van der Waals surface area contributed by atoms with Crippen LogP contribution in [0.25, 0.3) is 0 Å². The Bertz CT molecular complexity index is 637. The summed E-state index contributed by atoms with van der Waals surface area (Å²) >= 11 is 0. The standard InChI is InChI=1S/C11H11FN2O4S/c1-7(11(15)16)6-14-19(17,18)9-2-3-10(12)8(4-9)5-13/h2-4,7,14H,6H2,1H3,(H,15,16). The molecular weight excluding hydrogens is 275 g/mol. The molecule has 0 fully saturated rings. The average molecular weight is 286 g/mol. The van der Waals surface area contributed by atoms with Crippen molar-refractivity contribution >= 4 is 16.0 Å². The first-order valence-electron chi connectivity index (χ1n) is 5.20. The lowest BCUT2D eigenvalue weighted by Gasteiger charge is -2.09. The average Bonchev–Trinajstić information content (AvgIpc) is 2.36. The Morgan fingerprint density at radius 1 is 1.58 bits per heavy atom. The van der Waals surface area contributed by atoms with Gasteiger partial charge in [-0.15, -0.1) is 0 Å². The van der Waals surface area contributed by atoms with Crippen LogP contribution in [0.2, 0.25) is 0 Å². The summed E-state index contributed by atoms with van der Waals surface area (Å²) < 4.78 is 38.8. The third-order valence-corrected chi connectivity index (χ3v) is 3.79. The first-order valence-corrected chi connectivity index (χ1v) is 6.68.